The molecule has 4 aromatic rings. The zero-order valence-electron chi connectivity index (χ0n) is 19.0. The third-order valence-corrected chi connectivity index (χ3v) is 7.18. The van der Waals surface area contributed by atoms with Crippen LogP contribution in [0.5, 0.6) is 5.75 Å². The van der Waals surface area contributed by atoms with E-state index in [0.717, 1.165) is 40.4 Å². The van der Waals surface area contributed by atoms with Crippen molar-refractivity contribution < 1.29 is 13.9 Å². The minimum absolute atomic E-state index is 0.0404. The Bertz CT molecular complexity index is 1320. The zero-order valence-corrected chi connectivity index (χ0v) is 19.8. The summed E-state index contributed by atoms with van der Waals surface area (Å²) in [5.41, 5.74) is 2.62. The van der Waals surface area contributed by atoms with Crippen LogP contribution in [0.4, 0.5) is 4.39 Å². The van der Waals surface area contributed by atoms with E-state index in [4.69, 9.17) is 9.72 Å². The van der Waals surface area contributed by atoms with Gasteiger partial charge in [-0.2, -0.15) is 0 Å². The Kier molecular flexibility index (Phi) is 6.45. The van der Waals surface area contributed by atoms with Gasteiger partial charge in [-0.3, -0.25) is 4.79 Å². The number of aromatic nitrogens is 2. The van der Waals surface area contributed by atoms with Gasteiger partial charge in [0.2, 0.25) is 5.91 Å². The van der Waals surface area contributed by atoms with Crippen molar-refractivity contribution in [2.45, 2.75) is 25.3 Å². The number of hydrogen-bond acceptors (Lipinski definition) is 4. The van der Waals surface area contributed by atoms with Gasteiger partial charge < -0.3 is 14.2 Å². The summed E-state index contributed by atoms with van der Waals surface area (Å²) in [6.45, 7) is 1.35. The standard InChI is InChI=1S/C27H26FN3O2S/c1-33-25-7-3-2-5-19(25)17-26-29-23-18-20(28)8-10-24(23)31(26)21-12-14-30(15-13-21)27(32)11-9-22-6-4-16-34-22/h2-11,16,18,21H,12-15,17H2,1H3/b11-9+. The first kappa shape index (κ1) is 22.3. The summed E-state index contributed by atoms with van der Waals surface area (Å²) in [6.07, 6.45) is 5.76. The number of para-hydroxylation sites is 1. The second kappa shape index (κ2) is 9.81. The minimum atomic E-state index is -0.293. The number of fused-ring (bicyclic) bond motifs is 1. The number of thiophene rings is 1. The lowest BCUT2D eigenvalue weighted by Gasteiger charge is -2.33. The molecule has 5 rings (SSSR count). The fourth-order valence-electron chi connectivity index (χ4n) is 4.66. The molecule has 0 N–H and O–H groups in total. The van der Waals surface area contributed by atoms with Gasteiger partial charge in [-0.15, -0.1) is 11.3 Å². The number of hydrogen-bond donors (Lipinski definition) is 0. The van der Waals surface area contributed by atoms with Crippen LogP contribution in [0.15, 0.2) is 66.1 Å². The number of nitrogens with zero attached hydrogens (tertiary/aromatic N) is 3. The van der Waals surface area contributed by atoms with Crippen LogP contribution in [0.25, 0.3) is 17.1 Å². The average Bonchev–Trinajstić information content (AvgIpc) is 3.50. The largest absolute Gasteiger partial charge is 0.496 e. The molecule has 1 amide bonds. The Morgan fingerprint density at radius 1 is 1.18 bits per heavy atom. The van der Waals surface area contributed by atoms with Crippen molar-refractivity contribution in [1.29, 1.82) is 0 Å². The fourth-order valence-corrected chi connectivity index (χ4v) is 5.28. The molecule has 34 heavy (non-hydrogen) atoms. The van der Waals surface area contributed by atoms with Crippen LogP contribution in [0, 0.1) is 5.82 Å². The first-order valence-electron chi connectivity index (χ1n) is 11.4. The summed E-state index contributed by atoms with van der Waals surface area (Å²) in [5, 5.41) is 2.00. The molecule has 7 heteroatoms. The molecule has 2 aromatic carbocycles. The predicted octanol–water partition coefficient (Wildman–Crippen LogP) is 5.71. The zero-order chi connectivity index (χ0) is 23.5. The SMILES string of the molecule is COc1ccccc1Cc1nc2cc(F)ccc2n1C1CCN(C(=O)/C=C/c2cccs2)CC1. The van der Waals surface area contributed by atoms with Crippen molar-refractivity contribution in [1.82, 2.24) is 14.5 Å². The third kappa shape index (κ3) is 4.61. The molecule has 1 saturated heterocycles. The lowest BCUT2D eigenvalue weighted by molar-refractivity contribution is -0.127. The quantitative estimate of drug-likeness (QED) is 0.336. The highest BCUT2D eigenvalue weighted by Gasteiger charge is 2.26. The molecular formula is C27H26FN3O2S. The summed E-state index contributed by atoms with van der Waals surface area (Å²) in [6, 6.07) is 16.8. The van der Waals surface area contributed by atoms with Crippen molar-refractivity contribution in [3.05, 3.63) is 88.1 Å². The molecule has 0 spiro atoms. The van der Waals surface area contributed by atoms with Crippen LogP contribution < -0.4 is 4.74 Å². The number of carbonyl (C=O) groups is 1. The maximum atomic E-state index is 14.0. The van der Waals surface area contributed by atoms with Crippen molar-refractivity contribution in [3.8, 4) is 5.75 Å². The number of benzene rings is 2. The summed E-state index contributed by atoms with van der Waals surface area (Å²) in [7, 11) is 1.66. The van der Waals surface area contributed by atoms with Gasteiger partial charge in [-0.05, 0) is 48.6 Å². The molecule has 0 atom stereocenters. The van der Waals surface area contributed by atoms with Crippen LogP contribution in [0.1, 0.15) is 35.1 Å². The number of amides is 1. The first-order chi connectivity index (χ1) is 16.6. The van der Waals surface area contributed by atoms with Crippen LogP contribution >= 0.6 is 11.3 Å². The Balaban J connectivity index is 1.39. The van der Waals surface area contributed by atoms with Gasteiger partial charge in [0, 0.05) is 48.1 Å². The molecule has 3 heterocycles. The molecule has 0 unspecified atom stereocenters. The Morgan fingerprint density at radius 2 is 2.00 bits per heavy atom. The van der Waals surface area contributed by atoms with E-state index >= 15 is 0 Å². The number of halogens is 1. The molecule has 0 aliphatic carbocycles. The number of imidazole rings is 1. The van der Waals surface area contributed by atoms with E-state index in [1.807, 2.05) is 58.8 Å². The Labute approximate surface area is 202 Å². The summed E-state index contributed by atoms with van der Waals surface area (Å²) in [5.74, 6) is 1.44. The van der Waals surface area contributed by atoms with Crippen LogP contribution in [0.3, 0.4) is 0 Å². The average molecular weight is 476 g/mol. The Hall–Kier alpha value is -3.45. The number of likely N-dealkylation sites (tertiary alicyclic amines) is 1. The van der Waals surface area contributed by atoms with E-state index in [1.165, 1.54) is 12.1 Å². The van der Waals surface area contributed by atoms with Crippen molar-refractivity contribution in [3.63, 3.8) is 0 Å². The number of rotatable bonds is 6. The van der Waals surface area contributed by atoms with Crippen molar-refractivity contribution in [2.24, 2.45) is 0 Å². The van der Waals surface area contributed by atoms with E-state index in [9.17, 15) is 9.18 Å². The molecule has 1 fully saturated rings. The normalized spacial score (nSPS) is 14.8. The van der Waals surface area contributed by atoms with Gasteiger partial charge in [-0.25, -0.2) is 9.37 Å². The van der Waals surface area contributed by atoms with Gasteiger partial charge in [0.15, 0.2) is 0 Å². The van der Waals surface area contributed by atoms with E-state index < -0.39 is 0 Å². The van der Waals surface area contributed by atoms with Gasteiger partial charge in [-0.1, -0.05) is 24.3 Å². The highest BCUT2D eigenvalue weighted by molar-refractivity contribution is 7.10. The third-order valence-electron chi connectivity index (χ3n) is 6.34. The van der Waals surface area contributed by atoms with E-state index in [-0.39, 0.29) is 17.8 Å². The van der Waals surface area contributed by atoms with Gasteiger partial charge in [0.05, 0.1) is 18.1 Å². The summed E-state index contributed by atoms with van der Waals surface area (Å²) in [4.78, 5) is 20.5. The number of ether oxygens (including phenoxy) is 1. The van der Waals surface area contributed by atoms with Gasteiger partial charge >= 0.3 is 0 Å². The topological polar surface area (TPSA) is 47.4 Å². The van der Waals surface area contributed by atoms with Crippen molar-refractivity contribution in [2.75, 3.05) is 20.2 Å². The molecule has 5 nitrogen and oxygen atoms in total. The second-order valence-corrected chi connectivity index (χ2v) is 9.40. The lowest BCUT2D eigenvalue weighted by atomic mass is 10.0. The molecule has 1 aliphatic rings. The maximum absolute atomic E-state index is 14.0. The minimum Gasteiger partial charge on any atom is -0.496 e. The highest BCUT2D eigenvalue weighted by atomic mass is 32.1. The van der Waals surface area contributed by atoms with Crippen molar-refractivity contribution >= 4 is 34.4 Å². The molecular weight excluding hydrogens is 449 g/mol. The monoisotopic (exact) mass is 475 g/mol. The molecule has 0 saturated carbocycles. The number of methoxy groups -OCH3 is 1. The number of piperidine rings is 1. The smallest absolute Gasteiger partial charge is 0.246 e. The second-order valence-electron chi connectivity index (χ2n) is 8.42. The van der Waals surface area contributed by atoms with E-state index in [0.29, 0.717) is 25.0 Å². The summed E-state index contributed by atoms with van der Waals surface area (Å²) < 4.78 is 21.7. The first-order valence-corrected chi connectivity index (χ1v) is 12.3. The molecule has 1 aliphatic heterocycles. The molecule has 174 valence electrons. The summed E-state index contributed by atoms with van der Waals surface area (Å²) >= 11 is 1.61. The predicted molar refractivity (Wildman–Crippen MR) is 134 cm³/mol. The van der Waals surface area contributed by atoms with Gasteiger partial charge in [0.1, 0.15) is 17.4 Å². The lowest BCUT2D eigenvalue weighted by Crippen LogP contribution is -2.38. The highest BCUT2D eigenvalue weighted by Crippen LogP contribution is 2.31. The van der Waals surface area contributed by atoms with E-state index in [2.05, 4.69) is 4.57 Å². The maximum Gasteiger partial charge on any atom is 0.246 e. The van der Waals surface area contributed by atoms with Crippen LogP contribution in [0.2, 0.25) is 0 Å². The molecule has 0 radical (unpaired) electrons. The van der Waals surface area contributed by atoms with Crippen LogP contribution in [-0.2, 0) is 11.2 Å². The molecule has 2 aromatic heterocycles. The number of carbonyl (C=O) groups excluding carboxylic acids is 1. The fraction of sp³-hybridized carbons (Fsp3) is 0.259. The molecule has 0 bridgehead atoms. The van der Waals surface area contributed by atoms with Crippen LogP contribution in [-0.4, -0.2) is 40.6 Å². The van der Waals surface area contributed by atoms with Gasteiger partial charge in [0.25, 0.3) is 0 Å². The van der Waals surface area contributed by atoms with E-state index in [1.54, 1.807) is 24.5 Å². The Morgan fingerprint density at radius 3 is 2.76 bits per heavy atom.